The molecule has 1 amide bonds. The van der Waals surface area contributed by atoms with Crippen LogP contribution in [-0.4, -0.2) is 27.3 Å². The van der Waals surface area contributed by atoms with E-state index in [1.807, 2.05) is 48.4 Å². The summed E-state index contributed by atoms with van der Waals surface area (Å²) in [5.41, 5.74) is 2.89. The fourth-order valence-corrected chi connectivity index (χ4v) is 5.10. The van der Waals surface area contributed by atoms with Crippen molar-refractivity contribution in [3.8, 4) is 0 Å². The number of thiophene rings is 1. The van der Waals surface area contributed by atoms with E-state index in [2.05, 4.69) is 11.1 Å². The highest BCUT2D eigenvalue weighted by atomic mass is 32.2. The van der Waals surface area contributed by atoms with Crippen LogP contribution in [0.2, 0.25) is 0 Å². The third-order valence-electron chi connectivity index (χ3n) is 4.63. The molecule has 7 heteroatoms. The van der Waals surface area contributed by atoms with Gasteiger partial charge in [-0.05, 0) is 43.3 Å². The second kappa shape index (κ2) is 6.89. The van der Waals surface area contributed by atoms with Crippen LogP contribution in [0.15, 0.2) is 45.7 Å². The molecule has 1 aromatic carbocycles. The smallest absolute Gasteiger partial charge is 0.272 e. The fourth-order valence-electron chi connectivity index (χ4n) is 3.29. The van der Waals surface area contributed by atoms with Crippen molar-refractivity contribution in [1.29, 1.82) is 0 Å². The molecule has 1 atom stereocenters. The quantitative estimate of drug-likeness (QED) is 0.509. The third kappa shape index (κ3) is 2.85. The van der Waals surface area contributed by atoms with Gasteiger partial charge in [-0.1, -0.05) is 30.0 Å². The van der Waals surface area contributed by atoms with Gasteiger partial charge in [0.1, 0.15) is 4.70 Å². The number of carbonyl (C=O) groups excluding carboxylic acids is 1. The number of para-hydroxylation sites is 1. The van der Waals surface area contributed by atoms with Crippen molar-refractivity contribution in [3.05, 3.63) is 51.6 Å². The number of aromatic nitrogens is 2. The zero-order chi connectivity index (χ0) is 18.3. The Morgan fingerprint density at radius 3 is 2.96 bits per heavy atom. The molecule has 0 saturated heterocycles. The molecule has 2 aromatic heterocycles. The Labute approximate surface area is 159 Å². The normalized spacial score (nSPS) is 14.6. The topological polar surface area (TPSA) is 55.2 Å². The average molecular weight is 386 g/mol. The highest BCUT2D eigenvalue weighted by molar-refractivity contribution is 8.00. The molecule has 3 aromatic rings. The summed E-state index contributed by atoms with van der Waals surface area (Å²) in [4.78, 5) is 32.1. The van der Waals surface area contributed by atoms with Crippen LogP contribution >= 0.6 is 23.1 Å². The van der Waals surface area contributed by atoms with Gasteiger partial charge in [0.15, 0.2) is 5.16 Å². The van der Waals surface area contributed by atoms with Crippen LogP contribution in [-0.2, 0) is 17.8 Å². The van der Waals surface area contributed by atoms with Gasteiger partial charge in [0.2, 0.25) is 5.91 Å². The summed E-state index contributed by atoms with van der Waals surface area (Å²) in [7, 11) is 0. The summed E-state index contributed by atoms with van der Waals surface area (Å²) in [6, 6.07) is 9.89. The molecule has 0 spiro atoms. The number of hydrogen-bond acceptors (Lipinski definition) is 5. The predicted octanol–water partition coefficient (Wildman–Crippen LogP) is 3.55. The maximum Gasteiger partial charge on any atom is 0.272 e. The lowest BCUT2D eigenvalue weighted by atomic mass is 10.2. The number of rotatable bonds is 4. The van der Waals surface area contributed by atoms with E-state index in [4.69, 9.17) is 0 Å². The van der Waals surface area contributed by atoms with Crippen LogP contribution in [0.3, 0.4) is 0 Å². The van der Waals surface area contributed by atoms with E-state index >= 15 is 0 Å². The summed E-state index contributed by atoms with van der Waals surface area (Å²) in [6.45, 7) is 5.06. The van der Waals surface area contributed by atoms with Crippen molar-refractivity contribution in [2.75, 3.05) is 11.4 Å². The van der Waals surface area contributed by atoms with E-state index in [0.717, 1.165) is 12.1 Å². The second-order valence-corrected chi connectivity index (χ2v) is 8.43. The van der Waals surface area contributed by atoms with Crippen molar-refractivity contribution < 1.29 is 4.79 Å². The first-order valence-corrected chi connectivity index (χ1v) is 10.4. The first-order chi connectivity index (χ1) is 12.6. The number of carbonyl (C=O) groups is 1. The van der Waals surface area contributed by atoms with Crippen LogP contribution in [0, 0.1) is 0 Å². The van der Waals surface area contributed by atoms with Crippen molar-refractivity contribution in [1.82, 2.24) is 9.55 Å². The summed E-state index contributed by atoms with van der Waals surface area (Å²) >= 11 is 2.77. The Morgan fingerprint density at radius 2 is 2.15 bits per heavy atom. The maximum atomic E-state index is 13.0. The van der Waals surface area contributed by atoms with E-state index in [1.54, 1.807) is 4.57 Å². The minimum atomic E-state index is -0.318. The maximum absolute atomic E-state index is 13.0. The van der Waals surface area contributed by atoms with Gasteiger partial charge in [-0.25, -0.2) is 4.98 Å². The molecule has 1 aliphatic rings. The Morgan fingerprint density at radius 1 is 1.35 bits per heavy atom. The van der Waals surface area contributed by atoms with E-state index in [-0.39, 0.29) is 16.7 Å². The van der Waals surface area contributed by atoms with Gasteiger partial charge in [0.05, 0.1) is 10.8 Å². The Bertz CT molecular complexity index is 1040. The summed E-state index contributed by atoms with van der Waals surface area (Å²) in [6.07, 6.45) is 0.887. The van der Waals surface area contributed by atoms with Gasteiger partial charge < -0.3 is 4.90 Å². The lowest BCUT2D eigenvalue weighted by molar-refractivity contribution is -0.117. The van der Waals surface area contributed by atoms with E-state index in [9.17, 15) is 9.59 Å². The molecule has 0 N–H and O–H groups in total. The molecular weight excluding hydrogens is 366 g/mol. The number of fused-ring (bicyclic) bond motifs is 2. The number of thioether (sulfide) groups is 1. The number of anilines is 1. The average Bonchev–Trinajstić information content (AvgIpc) is 3.28. The highest BCUT2D eigenvalue weighted by Crippen LogP contribution is 2.31. The Kier molecular flexibility index (Phi) is 4.58. The molecule has 0 saturated carbocycles. The second-order valence-electron chi connectivity index (χ2n) is 6.21. The Hall–Kier alpha value is -2.12. The third-order valence-corrected chi connectivity index (χ3v) is 6.60. The van der Waals surface area contributed by atoms with Crippen molar-refractivity contribution in [2.45, 2.75) is 37.2 Å². The molecule has 3 heterocycles. The largest absolute Gasteiger partial charge is 0.311 e. The zero-order valence-corrected chi connectivity index (χ0v) is 16.3. The van der Waals surface area contributed by atoms with Crippen LogP contribution < -0.4 is 10.5 Å². The van der Waals surface area contributed by atoms with Gasteiger partial charge in [0.25, 0.3) is 5.56 Å². The number of nitrogens with zero attached hydrogens (tertiary/aromatic N) is 3. The predicted molar refractivity (Wildman–Crippen MR) is 107 cm³/mol. The van der Waals surface area contributed by atoms with Gasteiger partial charge in [-0.15, -0.1) is 11.3 Å². The van der Waals surface area contributed by atoms with E-state index in [1.165, 1.54) is 28.7 Å². The van der Waals surface area contributed by atoms with Crippen molar-refractivity contribution >= 4 is 44.9 Å². The molecule has 5 nitrogen and oxygen atoms in total. The summed E-state index contributed by atoms with van der Waals surface area (Å²) in [5, 5.41) is 2.17. The number of amides is 1. The molecule has 26 heavy (non-hydrogen) atoms. The molecule has 0 aliphatic carbocycles. The van der Waals surface area contributed by atoms with Crippen LogP contribution in [0.5, 0.6) is 0 Å². The first kappa shape index (κ1) is 17.3. The molecule has 1 unspecified atom stereocenters. The van der Waals surface area contributed by atoms with Gasteiger partial charge in [-0.2, -0.15) is 0 Å². The number of benzene rings is 1. The first-order valence-electron chi connectivity index (χ1n) is 8.64. The standard InChI is InChI=1S/C19H19N3O2S2/c1-3-21-18(24)16-14(9-11-25-16)20-19(21)26-12(2)17(23)22-10-8-13-6-4-5-7-15(13)22/h4-7,9,11-12H,3,8,10H2,1-2H3. The van der Waals surface area contributed by atoms with Crippen molar-refractivity contribution in [3.63, 3.8) is 0 Å². The molecule has 134 valence electrons. The SMILES string of the molecule is CCn1c(SC(C)C(=O)N2CCc3ccccc32)nc2ccsc2c1=O. The highest BCUT2D eigenvalue weighted by Gasteiger charge is 2.29. The van der Waals surface area contributed by atoms with Gasteiger partial charge >= 0.3 is 0 Å². The Balaban J connectivity index is 1.62. The molecule has 4 rings (SSSR count). The van der Waals surface area contributed by atoms with Gasteiger partial charge in [-0.3, -0.25) is 14.2 Å². The molecular formula is C19H19N3O2S2. The van der Waals surface area contributed by atoms with E-state index < -0.39 is 0 Å². The molecule has 0 fully saturated rings. The molecule has 1 aliphatic heterocycles. The minimum Gasteiger partial charge on any atom is -0.311 e. The summed E-state index contributed by atoms with van der Waals surface area (Å²) in [5.74, 6) is 0.0577. The van der Waals surface area contributed by atoms with Crippen LogP contribution in [0.1, 0.15) is 19.4 Å². The molecule has 0 radical (unpaired) electrons. The van der Waals surface area contributed by atoms with Crippen LogP contribution in [0.25, 0.3) is 10.2 Å². The van der Waals surface area contributed by atoms with Crippen molar-refractivity contribution in [2.24, 2.45) is 0 Å². The van der Waals surface area contributed by atoms with Crippen LogP contribution in [0.4, 0.5) is 5.69 Å². The van der Waals surface area contributed by atoms with E-state index in [0.29, 0.717) is 28.5 Å². The number of hydrogen-bond donors (Lipinski definition) is 0. The lowest BCUT2D eigenvalue weighted by Crippen LogP contribution is -2.35. The summed E-state index contributed by atoms with van der Waals surface area (Å²) < 4.78 is 2.33. The monoisotopic (exact) mass is 385 g/mol. The minimum absolute atomic E-state index is 0.0267. The zero-order valence-electron chi connectivity index (χ0n) is 14.6. The lowest BCUT2D eigenvalue weighted by Gasteiger charge is -2.22. The molecule has 0 bridgehead atoms. The van der Waals surface area contributed by atoms with Gasteiger partial charge in [0, 0.05) is 18.8 Å². The fraction of sp³-hybridized carbons (Fsp3) is 0.316.